The van der Waals surface area contributed by atoms with Crippen LogP contribution in [0, 0.1) is 13.8 Å². The van der Waals surface area contributed by atoms with Gasteiger partial charge in [0.15, 0.2) is 0 Å². The van der Waals surface area contributed by atoms with Crippen LogP contribution in [0.1, 0.15) is 34.3 Å². The predicted molar refractivity (Wildman–Crippen MR) is 67.0 cm³/mol. The summed E-state index contributed by atoms with van der Waals surface area (Å²) in [6, 6.07) is 4.79. The summed E-state index contributed by atoms with van der Waals surface area (Å²) in [5.74, 6) is 0.492. The SMILES string of the molecule is Cc1nccc(C(O)c2ccc(C(F)(F)F)cc2C)n1. The third-order valence-electron chi connectivity index (χ3n) is 2.97. The van der Waals surface area contributed by atoms with Crippen molar-refractivity contribution >= 4 is 0 Å². The first kappa shape index (κ1) is 14.5. The summed E-state index contributed by atoms with van der Waals surface area (Å²) >= 11 is 0. The van der Waals surface area contributed by atoms with Crippen molar-refractivity contribution in [2.24, 2.45) is 0 Å². The van der Waals surface area contributed by atoms with E-state index in [0.29, 0.717) is 22.6 Å². The standard InChI is InChI=1S/C14H13F3N2O/c1-8-7-10(14(15,16)17)3-4-11(8)13(20)12-5-6-18-9(2)19-12/h3-7,13,20H,1-2H3. The van der Waals surface area contributed by atoms with E-state index in [0.717, 1.165) is 12.1 Å². The quantitative estimate of drug-likeness (QED) is 0.920. The zero-order chi connectivity index (χ0) is 14.9. The van der Waals surface area contributed by atoms with E-state index in [1.807, 2.05) is 0 Å². The zero-order valence-corrected chi connectivity index (χ0v) is 10.9. The summed E-state index contributed by atoms with van der Waals surface area (Å²) < 4.78 is 37.8. The lowest BCUT2D eigenvalue weighted by atomic mass is 9.98. The Morgan fingerprint density at radius 2 is 1.85 bits per heavy atom. The molecule has 106 valence electrons. The van der Waals surface area contributed by atoms with Crippen LogP contribution in [0.5, 0.6) is 0 Å². The van der Waals surface area contributed by atoms with Gasteiger partial charge >= 0.3 is 6.18 Å². The Labute approximate surface area is 114 Å². The molecule has 1 unspecified atom stereocenters. The van der Waals surface area contributed by atoms with Gasteiger partial charge in [-0.15, -0.1) is 0 Å². The van der Waals surface area contributed by atoms with Crippen molar-refractivity contribution in [1.29, 1.82) is 0 Å². The smallest absolute Gasteiger partial charge is 0.382 e. The van der Waals surface area contributed by atoms with Crippen LogP contribution in [0.2, 0.25) is 0 Å². The minimum Gasteiger partial charge on any atom is -0.382 e. The van der Waals surface area contributed by atoms with Gasteiger partial charge in [0, 0.05) is 6.20 Å². The molecule has 6 heteroatoms. The van der Waals surface area contributed by atoms with Gasteiger partial charge in [0.1, 0.15) is 11.9 Å². The fourth-order valence-corrected chi connectivity index (χ4v) is 1.94. The van der Waals surface area contributed by atoms with Crippen LogP contribution in [0.25, 0.3) is 0 Å². The molecule has 0 saturated carbocycles. The molecule has 1 N–H and O–H groups in total. The molecule has 0 radical (unpaired) electrons. The lowest BCUT2D eigenvalue weighted by molar-refractivity contribution is -0.137. The molecule has 0 spiro atoms. The van der Waals surface area contributed by atoms with Gasteiger partial charge in [-0.25, -0.2) is 9.97 Å². The van der Waals surface area contributed by atoms with Crippen LogP contribution in [0.3, 0.4) is 0 Å². The molecule has 1 heterocycles. The van der Waals surface area contributed by atoms with Crippen molar-refractivity contribution in [2.75, 3.05) is 0 Å². The molecule has 2 aromatic rings. The summed E-state index contributed by atoms with van der Waals surface area (Å²) in [4.78, 5) is 7.99. The van der Waals surface area contributed by atoms with E-state index in [-0.39, 0.29) is 0 Å². The molecule has 1 aromatic heterocycles. The van der Waals surface area contributed by atoms with E-state index < -0.39 is 17.8 Å². The van der Waals surface area contributed by atoms with Crippen LogP contribution >= 0.6 is 0 Å². The predicted octanol–water partition coefficient (Wildman–Crippen LogP) is 3.19. The number of alkyl halides is 3. The van der Waals surface area contributed by atoms with Crippen molar-refractivity contribution in [3.8, 4) is 0 Å². The highest BCUT2D eigenvalue weighted by Crippen LogP contribution is 2.32. The van der Waals surface area contributed by atoms with Crippen molar-refractivity contribution in [1.82, 2.24) is 9.97 Å². The van der Waals surface area contributed by atoms with Gasteiger partial charge in [-0.3, -0.25) is 0 Å². The van der Waals surface area contributed by atoms with Crippen LogP contribution < -0.4 is 0 Å². The molecule has 0 fully saturated rings. The number of rotatable bonds is 2. The molecule has 0 aliphatic carbocycles. The van der Waals surface area contributed by atoms with E-state index >= 15 is 0 Å². The number of aliphatic hydroxyl groups excluding tert-OH is 1. The maximum absolute atomic E-state index is 12.6. The Kier molecular flexibility index (Phi) is 3.76. The van der Waals surface area contributed by atoms with E-state index in [9.17, 15) is 18.3 Å². The average molecular weight is 282 g/mol. The van der Waals surface area contributed by atoms with E-state index in [2.05, 4.69) is 9.97 Å². The number of hydrogen-bond acceptors (Lipinski definition) is 3. The van der Waals surface area contributed by atoms with E-state index in [1.165, 1.54) is 25.3 Å². The number of hydrogen-bond donors (Lipinski definition) is 1. The van der Waals surface area contributed by atoms with Crippen LogP contribution in [0.4, 0.5) is 13.2 Å². The second-order valence-electron chi connectivity index (χ2n) is 4.50. The number of aryl methyl sites for hydroxylation is 2. The number of aliphatic hydroxyl groups is 1. The highest BCUT2D eigenvalue weighted by atomic mass is 19.4. The maximum Gasteiger partial charge on any atom is 0.416 e. The number of halogens is 3. The first-order chi connectivity index (χ1) is 9.29. The Balaban J connectivity index is 2.38. The van der Waals surface area contributed by atoms with Gasteiger partial charge in [0.05, 0.1) is 11.3 Å². The first-order valence-electron chi connectivity index (χ1n) is 5.94. The molecular formula is C14H13F3N2O. The zero-order valence-electron chi connectivity index (χ0n) is 10.9. The minimum absolute atomic E-state index is 0.361. The molecule has 0 aliphatic heterocycles. The molecule has 0 amide bonds. The third-order valence-corrected chi connectivity index (χ3v) is 2.97. The number of nitrogens with zero attached hydrogens (tertiary/aromatic N) is 2. The molecule has 2 rings (SSSR count). The van der Waals surface area contributed by atoms with E-state index in [1.54, 1.807) is 6.92 Å². The van der Waals surface area contributed by atoms with Crippen LogP contribution in [-0.4, -0.2) is 15.1 Å². The van der Waals surface area contributed by atoms with Gasteiger partial charge in [-0.05, 0) is 43.2 Å². The highest BCUT2D eigenvalue weighted by molar-refractivity contribution is 5.37. The van der Waals surface area contributed by atoms with Crippen LogP contribution in [-0.2, 0) is 6.18 Å². The topological polar surface area (TPSA) is 46.0 Å². The molecule has 20 heavy (non-hydrogen) atoms. The van der Waals surface area contributed by atoms with Crippen molar-refractivity contribution in [2.45, 2.75) is 26.1 Å². The average Bonchev–Trinajstić information content (AvgIpc) is 2.36. The monoisotopic (exact) mass is 282 g/mol. The third kappa shape index (κ3) is 2.96. The second-order valence-corrected chi connectivity index (χ2v) is 4.50. The summed E-state index contributed by atoms with van der Waals surface area (Å²) in [6.45, 7) is 3.21. The number of benzene rings is 1. The fraction of sp³-hybridized carbons (Fsp3) is 0.286. The van der Waals surface area contributed by atoms with Gasteiger partial charge in [-0.2, -0.15) is 13.2 Å². The maximum atomic E-state index is 12.6. The normalized spacial score (nSPS) is 13.3. The lowest BCUT2D eigenvalue weighted by Crippen LogP contribution is -2.09. The molecule has 0 aliphatic rings. The summed E-state index contributed by atoms with van der Waals surface area (Å²) in [7, 11) is 0. The fourth-order valence-electron chi connectivity index (χ4n) is 1.94. The molecule has 1 atom stereocenters. The Hall–Kier alpha value is -1.95. The van der Waals surface area contributed by atoms with Gasteiger partial charge in [0.2, 0.25) is 0 Å². The van der Waals surface area contributed by atoms with Gasteiger partial charge < -0.3 is 5.11 Å². The summed E-state index contributed by atoms with van der Waals surface area (Å²) in [5, 5.41) is 10.2. The molecule has 0 bridgehead atoms. The Bertz CT molecular complexity index is 626. The number of aromatic nitrogens is 2. The molecule has 1 aromatic carbocycles. The Morgan fingerprint density at radius 3 is 2.40 bits per heavy atom. The van der Waals surface area contributed by atoms with Gasteiger partial charge in [-0.1, -0.05) is 6.07 Å². The first-order valence-corrected chi connectivity index (χ1v) is 5.94. The Morgan fingerprint density at radius 1 is 1.15 bits per heavy atom. The largest absolute Gasteiger partial charge is 0.416 e. The summed E-state index contributed by atoms with van der Waals surface area (Å²) in [6.07, 6.45) is -3.96. The molecular weight excluding hydrogens is 269 g/mol. The van der Waals surface area contributed by atoms with Crippen LogP contribution in [0.15, 0.2) is 30.5 Å². The van der Waals surface area contributed by atoms with Crippen molar-refractivity contribution in [3.05, 3.63) is 58.7 Å². The van der Waals surface area contributed by atoms with E-state index in [4.69, 9.17) is 0 Å². The lowest BCUT2D eigenvalue weighted by Gasteiger charge is -2.15. The van der Waals surface area contributed by atoms with Gasteiger partial charge in [0.25, 0.3) is 0 Å². The highest BCUT2D eigenvalue weighted by Gasteiger charge is 2.31. The molecule has 3 nitrogen and oxygen atoms in total. The summed E-state index contributed by atoms with van der Waals surface area (Å²) in [5.41, 5.74) is 0.393. The van der Waals surface area contributed by atoms with Crippen molar-refractivity contribution < 1.29 is 18.3 Å². The van der Waals surface area contributed by atoms with Crippen molar-refractivity contribution in [3.63, 3.8) is 0 Å². The second kappa shape index (κ2) is 5.20. The molecule has 0 saturated heterocycles. The minimum atomic E-state index is -4.39.